The molecule has 0 aliphatic carbocycles. The maximum absolute atomic E-state index is 13.5. The normalized spacial score (nSPS) is 21.8. The molecule has 1 N–H and O–H groups in total. The number of nitrogens with zero attached hydrogens (tertiary/aromatic N) is 2. The Labute approximate surface area is 96.1 Å². The number of pyridine rings is 1. The molecular weight excluding hydrogens is 263 g/mol. The van der Waals surface area contributed by atoms with Crippen molar-refractivity contribution in [3.63, 3.8) is 0 Å². The zero-order valence-corrected chi connectivity index (χ0v) is 9.74. The van der Waals surface area contributed by atoms with Gasteiger partial charge in [0.05, 0.1) is 6.10 Å². The summed E-state index contributed by atoms with van der Waals surface area (Å²) in [5.41, 5.74) is 0. The van der Waals surface area contributed by atoms with Gasteiger partial charge < -0.3 is 10.0 Å². The van der Waals surface area contributed by atoms with Crippen molar-refractivity contribution in [2.75, 3.05) is 18.0 Å². The minimum Gasteiger partial charge on any atom is -0.391 e. The average molecular weight is 275 g/mol. The third-order valence-corrected chi connectivity index (χ3v) is 2.92. The second kappa shape index (κ2) is 4.45. The van der Waals surface area contributed by atoms with Gasteiger partial charge in [0, 0.05) is 23.8 Å². The van der Waals surface area contributed by atoms with E-state index in [0.29, 0.717) is 16.8 Å². The van der Waals surface area contributed by atoms with Gasteiger partial charge in [-0.3, -0.25) is 0 Å². The lowest BCUT2D eigenvalue weighted by Gasteiger charge is -2.31. The molecular formula is C10H12BrFN2O. The molecule has 1 fully saturated rings. The van der Waals surface area contributed by atoms with Crippen LogP contribution in [0.5, 0.6) is 0 Å². The molecule has 82 valence electrons. The first kappa shape index (κ1) is 10.8. The largest absolute Gasteiger partial charge is 0.391 e. The third kappa shape index (κ3) is 2.46. The van der Waals surface area contributed by atoms with Crippen LogP contribution in [0.25, 0.3) is 0 Å². The van der Waals surface area contributed by atoms with Gasteiger partial charge in [0.1, 0.15) is 0 Å². The summed E-state index contributed by atoms with van der Waals surface area (Å²) in [6, 6.07) is 1.39. The maximum atomic E-state index is 13.5. The van der Waals surface area contributed by atoms with Crippen LogP contribution in [0.15, 0.2) is 16.7 Å². The fourth-order valence-electron chi connectivity index (χ4n) is 1.79. The van der Waals surface area contributed by atoms with Crippen molar-refractivity contribution in [3.8, 4) is 0 Å². The molecule has 0 bridgehead atoms. The highest BCUT2D eigenvalue weighted by Crippen LogP contribution is 2.23. The van der Waals surface area contributed by atoms with Gasteiger partial charge >= 0.3 is 0 Å². The van der Waals surface area contributed by atoms with Gasteiger partial charge in [0.25, 0.3) is 0 Å². The van der Waals surface area contributed by atoms with E-state index in [0.717, 1.165) is 19.4 Å². The van der Waals surface area contributed by atoms with Crippen LogP contribution in [0.2, 0.25) is 0 Å². The Bertz CT molecular complexity index is 361. The zero-order valence-electron chi connectivity index (χ0n) is 8.16. The van der Waals surface area contributed by atoms with E-state index in [2.05, 4.69) is 20.9 Å². The third-order valence-electron chi connectivity index (χ3n) is 2.48. The van der Waals surface area contributed by atoms with E-state index >= 15 is 0 Å². The minimum absolute atomic E-state index is 0.331. The number of β-amino-alcohol motifs (C(OH)–C–C–N with tert-alkyl or cyclic N) is 1. The van der Waals surface area contributed by atoms with Crippen LogP contribution < -0.4 is 4.90 Å². The Morgan fingerprint density at radius 1 is 1.60 bits per heavy atom. The Kier molecular flexibility index (Phi) is 3.21. The number of aliphatic hydroxyl groups is 1. The number of hydrogen-bond acceptors (Lipinski definition) is 3. The van der Waals surface area contributed by atoms with Gasteiger partial charge in [-0.2, -0.15) is 0 Å². The summed E-state index contributed by atoms with van der Waals surface area (Å²) < 4.78 is 14.2. The van der Waals surface area contributed by atoms with Crippen molar-refractivity contribution in [2.24, 2.45) is 0 Å². The van der Waals surface area contributed by atoms with E-state index in [-0.39, 0.29) is 11.9 Å². The topological polar surface area (TPSA) is 36.4 Å². The van der Waals surface area contributed by atoms with Crippen LogP contribution in [-0.2, 0) is 0 Å². The van der Waals surface area contributed by atoms with Crippen LogP contribution in [0.3, 0.4) is 0 Å². The molecule has 0 saturated carbocycles. The van der Waals surface area contributed by atoms with E-state index in [1.165, 1.54) is 6.07 Å². The molecule has 0 amide bonds. The standard InChI is InChI=1S/C10H12BrFN2O/c11-7-4-9(12)10(13-5-7)14-3-1-2-8(15)6-14/h4-5,8,15H,1-3,6H2. The molecule has 0 radical (unpaired) electrons. The van der Waals surface area contributed by atoms with Crippen molar-refractivity contribution in [1.82, 2.24) is 4.98 Å². The lowest BCUT2D eigenvalue weighted by Crippen LogP contribution is -2.39. The van der Waals surface area contributed by atoms with Gasteiger partial charge in [-0.25, -0.2) is 9.37 Å². The van der Waals surface area contributed by atoms with Crippen molar-refractivity contribution in [1.29, 1.82) is 0 Å². The van der Waals surface area contributed by atoms with E-state index < -0.39 is 0 Å². The number of halogens is 2. The summed E-state index contributed by atoms with van der Waals surface area (Å²) in [4.78, 5) is 5.82. The quantitative estimate of drug-likeness (QED) is 0.851. The molecule has 0 aromatic carbocycles. The highest BCUT2D eigenvalue weighted by molar-refractivity contribution is 9.10. The second-order valence-electron chi connectivity index (χ2n) is 3.70. The minimum atomic E-state index is -0.372. The van der Waals surface area contributed by atoms with Gasteiger partial charge in [0.2, 0.25) is 0 Å². The van der Waals surface area contributed by atoms with Crippen LogP contribution in [0.1, 0.15) is 12.8 Å². The van der Waals surface area contributed by atoms with Gasteiger partial charge in [-0.15, -0.1) is 0 Å². The number of hydrogen-bond donors (Lipinski definition) is 1. The molecule has 1 atom stereocenters. The lowest BCUT2D eigenvalue weighted by atomic mass is 10.1. The number of anilines is 1. The fraction of sp³-hybridized carbons (Fsp3) is 0.500. The molecule has 1 saturated heterocycles. The van der Waals surface area contributed by atoms with Crippen LogP contribution >= 0.6 is 15.9 Å². The highest BCUT2D eigenvalue weighted by Gasteiger charge is 2.21. The Morgan fingerprint density at radius 2 is 2.40 bits per heavy atom. The summed E-state index contributed by atoms with van der Waals surface area (Å²) in [6.45, 7) is 1.22. The molecule has 1 unspecified atom stereocenters. The van der Waals surface area contributed by atoms with Crippen LogP contribution in [-0.4, -0.2) is 29.3 Å². The van der Waals surface area contributed by atoms with Gasteiger partial charge in [0.15, 0.2) is 11.6 Å². The molecule has 5 heteroatoms. The molecule has 2 heterocycles. The van der Waals surface area contributed by atoms with Crippen molar-refractivity contribution < 1.29 is 9.50 Å². The van der Waals surface area contributed by atoms with Gasteiger partial charge in [-0.05, 0) is 34.8 Å². The molecule has 1 aliphatic rings. The van der Waals surface area contributed by atoms with Crippen molar-refractivity contribution in [2.45, 2.75) is 18.9 Å². The smallest absolute Gasteiger partial charge is 0.166 e. The first-order chi connectivity index (χ1) is 7.16. The van der Waals surface area contributed by atoms with Gasteiger partial charge in [-0.1, -0.05) is 0 Å². The lowest BCUT2D eigenvalue weighted by molar-refractivity contribution is 0.153. The van der Waals surface area contributed by atoms with E-state index in [1.54, 1.807) is 11.1 Å². The molecule has 15 heavy (non-hydrogen) atoms. The number of aliphatic hydroxyl groups excluding tert-OH is 1. The monoisotopic (exact) mass is 274 g/mol. The predicted molar refractivity (Wildman–Crippen MR) is 59.3 cm³/mol. The summed E-state index contributed by atoms with van der Waals surface area (Å²) in [6.07, 6.45) is 2.86. The first-order valence-corrected chi connectivity index (χ1v) is 5.70. The number of aromatic nitrogens is 1. The summed E-state index contributed by atoms with van der Waals surface area (Å²) in [7, 11) is 0. The molecule has 0 spiro atoms. The van der Waals surface area contributed by atoms with E-state index in [4.69, 9.17) is 0 Å². The predicted octanol–water partition coefficient (Wildman–Crippen LogP) is 1.94. The van der Waals surface area contributed by atoms with E-state index in [1.807, 2.05) is 0 Å². The fourth-order valence-corrected chi connectivity index (χ4v) is 2.09. The molecule has 1 aromatic heterocycles. The summed E-state index contributed by atoms with van der Waals surface area (Å²) in [5, 5.41) is 9.49. The summed E-state index contributed by atoms with van der Waals surface area (Å²) >= 11 is 3.16. The second-order valence-corrected chi connectivity index (χ2v) is 4.62. The van der Waals surface area contributed by atoms with Crippen molar-refractivity contribution >= 4 is 21.7 Å². The van der Waals surface area contributed by atoms with E-state index in [9.17, 15) is 9.50 Å². The first-order valence-electron chi connectivity index (χ1n) is 4.91. The molecule has 2 rings (SSSR count). The van der Waals surface area contributed by atoms with Crippen LogP contribution in [0.4, 0.5) is 10.2 Å². The Balaban J connectivity index is 2.21. The SMILES string of the molecule is OC1CCCN(c2ncc(Br)cc2F)C1. The maximum Gasteiger partial charge on any atom is 0.166 e. The molecule has 3 nitrogen and oxygen atoms in total. The van der Waals surface area contributed by atoms with Crippen molar-refractivity contribution in [3.05, 3.63) is 22.6 Å². The molecule has 1 aliphatic heterocycles. The Morgan fingerprint density at radius 3 is 3.07 bits per heavy atom. The summed E-state index contributed by atoms with van der Waals surface area (Å²) in [5.74, 6) is -0.0181. The zero-order chi connectivity index (χ0) is 10.8. The number of piperidine rings is 1. The Hall–Kier alpha value is -0.680. The average Bonchev–Trinajstić information content (AvgIpc) is 2.17. The highest BCUT2D eigenvalue weighted by atomic mass is 79.9. The molecule has 1 aromatic rings. The van der Waals surface area contributed by atoms with Crippen LogP contribution in [0, 0.1) is 5.82 Å². The number of rotatable bonds is 1.